The van der Waals surface area contributed by atoms with Gasteiger partial charge in [-0.2, -0.15) is 4.37 Å². The molecule has 0 saturated carbocycles. The van der Waals surface area contributed by atoms with E-state index in [9.17, 15) is 0 Å². The van der Waals surface area contributed by atoms with Gasteiger partial charge in [0.1, 0.15) is 0 Å². The molecule has 1 aromatic carbocycles. The Labute approximate surface area is 96.0 Å². The second kappa shape index (κ2) is 3.86. The largest absolute Gasteiger partial charge is 0.361 e. The zero-order valence-corrected chi connectivity index (χ0v) is 9.11. The second-order valence-electron chi connectivity index (χ2n) is 3.34. The van der Waals surface area contributed by atoms with Crippen molar-refractivity contribution in [1.82, 2.24) is 18.9 Å². The SMILES string of the molecule is C(=Cc1c[nH]c2ccccc12)c1nnsn1. The highest BCUT2D eigenvalue weighted by Gasteiger charge is 1.99. The van der Waals surface area contributed by atoms with Crippen LogP contribution in [0.25, 0.3) is 23.1 Å². The smallest absolute Gasteiger partial charge is 0.189 e. The number of aromatic nitrogens is 4. The molecule has 0 atom stereocenters. The van der Waals surface area contributed by atoms with E-state index in [0.717, 1.165) is 22.8 Å². The average molecular weight is 228 g/mol. The normalized spacial score (nSPS) is 11.5. The molecule has 0 bridgehead atoms. The molecule has 0 aliphatic carbocycles. The van der Waals surface area contributed by atoms with Gasteiger partial charge in [-0.05, 0) is 23.8 Å². The summed E-state index contributed by atoms with van der Waals surface area (Å²) in [6, 6.07) is 8.17. The van der Waals surface area contributed by atoms with Crippen LogP contribution in [0, 0.1) is 0 Å². The number of H-pyrrole nitrogens is 1. The van der Waals surface area contributed by atoms with Crippen molar-refractivity contribution in [1.29, 1.82) is 0 Å². The summed E-state index contributed by atoms with van der Waals surface area (Å²) in [6.45, 7) is 0. The summed E-state index contributed by atoms with van der Waals surface area (Å²) in [7, 11) is 0. The van der Waals surface area contributed by atoms with Crippen LogP contribution >= 0.6 is 11.7 Å². The molecule has 1 N–H and O–H groups in total. The number of hydrogen-bond donors (Lipinski definition) is 1. The van der Waals surface area contributed by atoms with Crippen molar-refractivity contribution in [3.05, 3.63) is 41.9 Å². The Morgan fingerprint density at radius 2 is 2.12 bits per heavy atom. The molecule has 0 radical (unpaired) electrons. The Bertz CT molecular complexity index is 624. The van der Waals surface area contributed by atoms with Crippen LogP contribution < -0.4 is 0 Å². The molecule has 0 aliphatic heterocycles. The summed E-state index contributed by atoms with van der Waals surface area (Å²) in [5.74, 6) is 0.648. The maximum atomic E-state index is 4.02. The van der Waals surface area contributed by atoms with Crippen molar-refractivity contribution >= 4 is 34.8 Å². The molecule has 0 saturated heterocycles. The number of benzene rings is 1. The lowest BCUT2D eigenvalue weighted by molar-refractivity contribution is 1.11. The number of aromatic amines is 1. The fourth-order valence-corrected chi connectivity index (χ4v) is 1.94. The van der Waals surface area contributed by atoms with Gasteiger partial charge < -0.3 is 4.98 Å². The molecular formula is C11H8N4S. The minimum Gasteiger partial charge on any atom is -0.361 e. The molecule has 2 aromatic heterocycles. The van der Waals surface area contributed by atoms with Crippen LogP contribution in [-0.2, 0) is 0 Å². The van der Waals surface area contributed by atoms with Crippen molar-refractivity contribution in [2.75, 3.05) is 0 Å². The molecule has 3 rings (SSSR count). The quantitative estimate of drug-likeness (QED) is 0.733. The Balaban J connectivity index is 2.01. The van der Waals surface area contributed by atoms with Crippen molar-refractivity contribution in [3.63, 3.8) is 0 Å². The number of fused-ring (bicyclic) bond motifs is 1. The van der Waals surface area contributed by atoms with Gasteiger partial charge in [0.2, 0.25) is 0 Å². The van der Waals surface area contributed by atoms with Crippen LogP contribution in [-0.4, -0.2) is 18.9 Å². The third kappa shape index (κ3) is 1.61. The monoisotopic (exact) mass is 228 g/mol. The first-order valence-corrected chi connectivity index (χ1v) is 5.56. The van der Waals surface area contributed by atoms with Crippen LogP contribution in [0.15, 0.2) is 30.5 Å². The van der Waals surface area contributed by atoms with Crippen LogP contribution in [0.2, 0.25) is 0 Å². The number of nitrogens with one attached hydrogen (secondary N) is 1. The molecule has 0 amide bonds. The van der Waals surface area contributed by atoms with Gasteiger partial charge in [0, 0.05) is 17.1 Å². The van der Waals surface area contributed by atoms with Gasteiger partial charge >= 0.3 is 0 Å². The number of hydrogen-bond acceptors (Lipinski definition) is 4. The summed E-state index contributed by atoms with van der Waals surface area (Å²) in [5, 5.41) is 5.05. The van der Waals surface area contributed by atoms with Crippen LogP contribution in [0.4, 0.5) is 0 Å². The van der Waals surface area contributed by atoms with Gasteiger partial charge in [0.25, 0.3) is 0 Å². The van der Waals surface area contributed by atoms with E-state index < -0.39 is 0 Å². The maximum absolute atomic E-state index is 4.02. The lowest BCUT2D eigenvalue weighted by atomic mass is 10.1. The Hall–Kier alpha value is -2.01. The molecule has 0 unspecified atom stereocenters. The second-order valence-corrected chi connectivity index (χ2v) is 3.84. The number of rotatable bonds is 2. The summed E-state index contributed by atoms with van der Waals surface area (Å²) < 4.78 is 7.72. The standard InChI is InChI=1S/C11H8N4S/c1-2-4-10-9(3-1)8(7-12-10)5-6-11-13-15-16-14-11/h1-7,12H. The third-order valence-corrected chi connectivity index (χ3v) is 2.77. The maximum Gasteiger partial charge on any atom is 0.189 e. The van der Waals surface area contributed by atoms with E-state index in [4.69, 9.17) is 0 Å². The molecule has 0 spiro atoms. The van der Waals surface area contributed by atoms with Gasteiger partial charge in [-0.25, -0.2) is 0 Å². The minimum atomic E-state index is 0.648. The van der Waals surface area contributed by atoms with E-state index in [1.165, 1.54) is 5.39 Å². The van der Waals surface area contributed by atoms with Crippen molar-refractivity contribution in [3.8, 4) is 0 Å². The van der Waals surface area contributed by atoms with E-state index in [2.05, 4.69) is 31.1 Å². The van der Waals surface area contributed by atoms with Crippen LogP contribution in [0.1, 0.15) is 11.4 Å². The van der Waals surface area contributed by atoms with Crippen molar-refractivity contribution < 1.29 is 0 Å². The van der Waals surface area contributed by atoms with Gasteiger partial charge in [-0.1, -0.05) is 22.7 Å². The fraction of sp³-hybridized carbons (Fsp3) is 0. The van der Waals surface area contributed by atoms with Gasteiger partial charge in [-0.3, -0.25) is 0 Å². The number of para-hydroxylation sites is 1. The van der Waals surface area contributed by atoms with E-state index in [1.54, 1.807) is 0 Å². The van der Waals surface area contributed by atoms with Crippen LogP contribution in [0.5, 0.6) is 0 Å². The molecule has 5 heteroatoms. The van der Waals surface area contributed by atoms with Crippen molar-refractivity contribution in [2.45, 2.75) is 0 Å². The lowest BCUT2D eigenvalue weighted by Gasteiger charge is -1.89. The first-order chi connectivity index (χ1) is 7.93. The zero-order valence-electron chi connectivity index (χ0n) is 8.29. The molecule has 0 aliphatic rings. The molecule has 4 nitrogen and oxygen atoms in total. The Morgan fingerprint density at radius 1 is 1.19 bits per heavy atom. The van der Waals surface area contributed by atoms with Gasteiger partial charge in [-0.15, -0.1) is 5.10 Å². The number of nitrogens with zero attached hydrogens (tertiary/aromatic N) is 3. The topological polar surface area (TPSA) is 54.5 Å². The highest BCUT2D eigenvalue weighted by molar-refractivity contribution is 6.98. The predicted octanol–water partition coefficient (Wildman–Crippen LogP) is 2.58. The van der Waals surface area contributed by atoms with E-state index >= 15 is 0 Å². The third-order valence-electron chi connectivity index (χ3n) is 2.35. The summed E-state index contributed by atoms with van der Waals surface area (Å²) in [4.78, 5) is 3.21. The minimum absolute atomic E-state index is 0.648. The Kier molecular flexibility index (Phi) is 2.23. The molecule has 16 heavy (non-hydrogen) atoms. The van der Waals surface area contributed by atoms with E-state index in [0.29, 0.717) is 5.82 Å². The molecule has 78 valence electrons. The fourth-order valence-electron chi connectivity index (χ4n) is 1.60. The highest BCUT2D eigenvalue weighted by atomic mass is 32.1. The Morgan fingerprint density at radius 3 is 3.00 bits per heavy atom. The van der Waals surface area contributed by atoms with E-state index in [-0.39, 0.29) is 0 Å². The predicted molar refractivity (Wildman–Crippen MR) is 64.9 cm³/mol. The summed E-state index contributed by atoms with van der Waals surface area (Å²) >= 11 is 1.11. The lowest BCUT2D eigenvalue weighted by Crippen LogP contribution is -1.74. The van der Waals surface area contributed by atoms with Gasteiger partial charge in [0.15, 0.2) is 5.82 Å². The molecule has 3 aromatic rings. The highest BCUT2D eigenvalue weighted by Crippen LogP contribution is 2.19. The summed E-state index contributed by atoms with van der Waals surface area (Å²) in [6.07, 6.45) is 5.82. The molecule has 0 fully saturated rings. The summed E-state index contributed by atoms with van der Waals surface area (Å²) in [5.41, 5.74) is 2.26. The van der Waals surface area contributed by atoms with E-state index in [1.807, 2.05) is 30.5 Å². The average Bonchev–Trinajstić information content (AvgIpc) is 2.96. The van der Waals surface area contributed by atoms with Crippen LogP contribution in [0.3, 0.4) is 0 Å². The van der Waals surface area contributed by atoms with Crippen molar-refractivity contribution in [2.24, 2.45) is 0 Å². The van der Waals surface area contributed by atoms with Gasteiger partial charge in [0.05, 0.1) is 11.7 Å². The first-order valence-electron chi connectivity index (χ1n) is 4.83. The first kappa shape index (κ1) is 9.23. The zero-order chi connectivity index (χ0) is 10.8. The molecular weight excluding hydrogens is 220 g/mol. The molecule has 2 heterocycles.